The van der Waals surface area contributed by atoms with E-state index in [9.17, 15) is 14.7 Å². The smallest absolute Gasteiger partial charge is 0.322 e. The van der Waals surface area contributed by atoms with E-state index >= 15 is 0 Å². The van der Waals surface area contributed by atoms with E-state index in [-0.39, 0.29) is 28.5 Å². The van der Waals surface area contributed by atoms with Crippen LogP contribution in [-0.2, 0) is 4.79 Å². The molecule has 0 aliphatic rings. The molecule has 1 amide bonds. The largest absolute Gasteiger partial charge is 0.508 e. The van der Waals surface area contributed by atoms with E-state index in [1.165, 1.54) is 11.3 Å². The molecule has 2 heterocycles. The lowest BCUT2D eigenvalue weighted by Gasteiger charge is -2.15. The monoisotopic (exact) mass is 394 g/mol. The number of hydrogen-bond donors (Lipinski definition) is 3. The highest BCUT2D eigenvalue weighted by Gasteiger charge is 2.24. The van der Waals surface area contributed by atoms with Gasteiger partial charge in [-0.25, -0.2) is 4.98 Å². The van der Waals surface area contributed by atoms with Gasteiger partial charge in [0.2, 0.25) is 0 Å². The molecule has 0 aliphatic heterocycles. The number of aromatic hydroxyl groups is 1. The van der Waals surface area contributed by atoms with Gasteiger partial charge in [-0.2, -0.15) is 0 Å². The van der Waals surface area contributed by atoms with Crippen LogP contribution in [0.3, 0.4) is 0 Å². The summed E-state index contributed by atoms with van der Waals surface area (Å²) in [6, 6.07) is 4.88. The first kappa shape index (κ1) is 18.2. The normalized spacial score (nSPS) is 11.2. The second kappa shape index (κ2) is 6.97. The van der Waals surface area contributed by atoms with Gasteiger partial charge in [-0.1, -0.05) is 11.6 Å². The fourth-order valence-corrected chi connectivity index (χ4v) is 4.01. The van der Waals surface area contributed by atoms with Gasteiger partial charge in [0.25, 0.3) is 5.91 Å². The highest BCUT2D eigenvalue weighted by Crippen LogP contribution is 2.44. The zero-order valence-electron chi connectivity index (χ0n) is 13.9. The predicted octanol–water partition coefficient (Wildman–Crippen LogP) is 3.41. The van der Waals surface area contributed by atoms with Gasteiger partial charge in [0, 0.05) is 15.5 Å². The number of amides is 1. The van der Waals surface area contributed by atoms with Crippen LogP contribution in [0.15, 0.2) is 18.2 Å². The van der Waals surface area contributed by atoms with Gasteiger partial charge >= 0.3 is 5.97 Å². The molecule has 0 fully saturated rings. The molecule has 0 spiro atoms. The minimum Gasteiger partial charge on any atom is -0.508 e. The van der Waals surface area contributed by atoms with Crippen LogP contribution in [0.5, 0.6) is 11.5 Å². The van der Waals surface area contributed by atoms with Crippen LogP contribution in [0, 0.1) is 0 Å². The van der Waals surface area contributed by atoms with E-state index < -0.39 is 18.4 Å². The average molecular weight is 395 g/mol. The lowest BCUT2D eigenvalue weighted by molar-refractivity contribution is -0.135. The van der Waals surface area contributed by atoms with Crippen molar-refractivity contribution in [2.75, 3.05) is 6.54 Å². The highest BCUT2D eigenvalue weighted by atomic mass is 35.5. The molecular formula is C17H15ClN2O5S. The molecule has 9 heteroatoms. The minimum absolute atomic E-state index is 0.0757. The van der Waals surface area contributed by atoms with E-state index in [0.29, 0.717) is 15.5 Å². The van der Waals surface area contributed by atoms with Crippen LogP contribution in [-0.4, -0.2) is 39.7 Å². The lowest BCUT2D eigenvalue weighted by Crippen LogP contribution is -2.30. The number of aliphatic carboxylic acids is 1. The molecule has 136 valence electrons. The summed E-state index contributed by atoms with van der Waals surface area (Å²) in [6.07, 6.45) is -0.245. The maximum Gasteiger partial charge on any atom is 0.322 e. The molecule has 2 aromatic heterocycles. The van der Waals surface area contributed by atoms with E-state index in [2.05, 4.69) is 10.3 Å². The molecule has 7 nitrogen and oxygen atoms in total. The zero-order chi connectivity index (χ0) is 19.0. The predicted molar refractivity (Wildman–Crippen MR) is 99.5 cm³/mol. The average Bonchev–Trinajstić information content (AvgIpc) is 2.93. The third-order valence-corrected chi connectivity index (χ3v) is 4.92. The molecule has 0 saturated carbocycles. The number of nitrogens with one attached hydrogen (secondary N) is 1. The number of carboxylic acids is 1. The van der Waals surface area contributed by atoms with Crippen LogP contribution in [0.1, 0.15) is 24.3 Å². The molecule has 0 unspecified atom stereocenters. The quantitative estimate of drug-likeness (QED) is 0.572. The summed E-state index contributed by atoms with van der Waals surface area (Å²) in [5, 5.41) is 22.2. The summed E-state index contributed by atoms with van der Waals surface area (Å²) in [6.45, 7) is 3.06. The van der Waals surface area contributed by atoms with Crippen molar-refractivity contribution < 1.29 is 24.5 Å². The van der Waals surface area contributed by atoms with Crippen molar-refractivity contribution in [3.8, 4) is 11.5 Å². The number of rotatable bonds is 5. The summed E-state index contributed by atoms with van der Waals surface area (Å²) >= 11 is 7.66. The number of carbonyl (C=O) groups excluding carboxylic acids is 1. The van der Waals surface area contributed by atoms with Crippen molar-refractivity contribution in [3.63, 3.8) is 0 Å². The fraction of sp³-hybridized carbons (Fsp3) is 0.235. The SMILES string of the molecule is CC(C)Oc1c(C(=O)NCC(=O)O)nc(Cl)c2c1sc1ccc(O)cc12. The maximum atomic E-state index is 12.4. The van der Waals surface area contributed by atoms with Gasteiger partial charge in [0.15, 0.2) is 11.4 Å². The number of thiophene rings is 1. The molecule has 3 aromatic rings. The number of halogens is 1. The summed E-state index contributed by atoms with van der Waals surface area (Å²) in [4.78, 5) is 27.3. The van der Waals surface area contributed by atoms with Crippen LogP contribution < -0.4 is 10.1 Å². The number of fused-ring (bicyclic) bond motifs is 3. The summed E-state index contributed by atoms with van der Waals surface area (Å²) in [7, 11) is 0. The van der Waals surface area contributed by atoms with Gasteiger partial charge in [-0.3, -0.25) is 9.59 Å². The number of pyridine rings is 1. The Labute approximate surface area is 157 Å². The first-order chi connectivity index (χ1) is 12.3. The Morgan fingerprint density at radius 3 is 2.77 bits per heavy atom. The number of carbonyl (C=O) groups is 2. The molecule has 3 N–H and O–H groups in total. The van der Waals surface area contributed by atoms with Gasteiger partial charge < -0.3 is 20.3 Å². The van der Waals surface area contributed by atoms with Crippen molar-refractivity contribution in [1.82, 2.24) is 10.3 Å². The number of phenols is 1. The number of ether oxygens (including phenoxy) is 1. The van der Waals surface area contributed by atoms with Gasteiger partial charge in [0.1, 0.15) is 17.4 Å². The van der Waals surface area contributed by atoms with Crippen LogP contribution in [0.4, 0.5) is 0 Å². The molecule has 0 bridgehead atoms. The minimum atomic E-state index is -1.17. The summed E-state index contributed by atoms with van der Waals surface area (Å²) in [5.41, 5.74) is -0.0757. The first-order valence-corrected chi connectivity index (χ1v) is 8.88. The second-order valence-electron chi connectivity index (χ2n) is 5.81. The Balaban J connectivity index is 2.26. The lowest BCUT2D eigenvalue weighted by atomic mass is 10.1. The Morgan fingerprint density at radius 1 is 1.38 bits per heavy atom. The number of phenolic OH excluding ortho intramolecular Hbond substituents is 1. The molecule has 1 aromatic carbocycles. The van der Waals surface area contributed by atoms with Crippen LogP contribution in [0.25, 0.3) is 20.2 Å². The Hall–Kier alpha value is -2.58. The van der Waals surface area contributed by atoms with Crippen molar-refractivity contribution in [3.05, 3.63) is 29.0 Å². The molecule has 26 heavy (non-hydrogen) atoms. The van der Waals surface area contributed by atoms with Gasteiger partial charge in [0.05, 0.1) is 10.8 Å². The molecule has 0 radical (unpaired) electrons. The van der Waals surface area contributed by atoms with Crippen molar-refractivity contribution >= 4 is 55.0 Å². The Kier molecular flexibility index (Phi) is 4.88. The van der Waals surface area contributed by atoms with Crippen LogP contribution in [0.2, 0.25) is 5.15 Å². The number of hydrogen-bond acceptors (Lipinski definition) is 6. The van der Waals surface area contributed by atoms with Crippen molar-refractivity contribution in [1.29, 1.82) is 0 Å². The molecule has 3 rings (SSSR count). The van der Waals surface area contributed by atoms with E-state index in [1.54, 1.807) is 32.0 Å². The number of benzene rings is 1. The van der Waals surface area contributed by atoms with Gasteiger partial charge in [-0.05, 0) is 32.0 Å². The Bertz CT molecular complexity index is 1030. The maximum absolute atomic E-state index is 12.4. The van der Waals surface area contributed by atoms with Crippen molar-refractivity contribution in [2.45, 2.75) is 20.0 Å². The van der Waals surface area contributed by atoms with E-state index in [1.807, 2.05) is 0 Å². The Morgan fingerprint density at radius 2 is 2.12 bits per heavy atom. The van der Waals surface area contributed by atoms with Gasteiger partial charge in [-0.15, -0.1) is 11.3 Å². The number of carboxylic acid groups (broad SMARTS) is 1. The molecule has 0 saturated heterocycles. The first-order valence-electron chi connectivity index (χ1n) is 7.69. The van der Waals surface area contributed by atoms with E-state index in [4.69, 9.17) is 21.4 Å². The molecule has 0 aliphatic carbocycles. The highest BCUT2D eigenvalue weighted by molar-refractivity contribution is 7.26. The zero-order valence-corrected chi connectivity index (χ0v) is 15.4. The summed E-state index contributed by atoms with van der Waals surface area (Å²) < 4.78 is 7.28. The molecular weight excluding hydrogens is 380 g/mol. The summed E-state index contributed by atoms with van der Waals surface area (Å²) in [5.74, 6) is -1.54. The third-order valence-electron chi connectivity index (χ3n) is 3.48. The fourth-order valence-electron chi connectivity index (χ4n) is 2.50. The second-order valence-corrected chi connectivity index (χ2v) is 7.22. The number of nitrogens with zero attached hydrogens (tertiary/aromatic N) is 1. The standard InChI is InChI=1S/C17H15ClN2O5S/c1-7(2)25-14-13(17(24)19-6-11(22)23)20-16(18)12-9-5-8(21)3-4-10(9)26-15(12)14/h3-5,7,21H,6H2,1-2H3,(H,19,24)(H,22,23). The topological polar surface area (TPSA) is 109 Å². The van der Waals surface area contributed by atoms with E-state index in [0.717, 1.165) is 4.70 Å². The number of aromatic nitrogens is 1. The molecule has 0 atom stereocenters. The van der Waals surface area contributed by atoms with Crippen LogP contribution >= 0.6 is 22.9 Å². The van der Waals surface area contributed by atoms with Crippen molar-refractivity contribution in [2.24, 2.45) is 0 Å². The third kappa shape index (κ3) is 3.38.